The minimum Gasteiger partial charge on any atom is -0.491 e. The number of benzene rings is 1. The zero-order valence-corrected chi connectivity index (χ0v) is 14.8. The van der Waals surface area contributed by atoms with Crippen molar-refractivity contribution in [3.8, 4) is 5.75 Å². The fourth-order valence-corrected chi connectivity index (χ4v) is 3.25. The van der Waals surface area contributed by atoms with Gasteiger partial charge in [0.25, 0.3) is 5.91 Å². The first-order valence-corrected chi connectivity index (χ1v) is 8.53. The lowest BCUT2D eigenvalue weighted by Gasteiger charge is -2.28. The van der Waals surface area contributed by atoms with Gasteiger partial charge in [0.05, 0.1) is 24.6 Å². The van der Waals surface area contributed by atoms with Gasteiger partial charge in [0.2, 0.25) is 5.76 Å². The Morgan fingerprint density at radius 2 is 2.15 bits per heavy atom. The normalized spacial score (nSPS) is 16.7. The van der Waals surface area contributed by atoms with Crippen molar-refractivity contribution in [2.24, 2.45) is 0 Å². The van der Waals surface area contributed by atoms with Crippen LogP contribution in [0, 0.1) is 13.8 Å². The van der Waals surface area contributed by atoms with Gasteiger partial charge in [-0.3, -0.25) is 4.79 Å². The molecule has 0 N–H and O–H groups in total. The van der Waals surface area contributed by atoms with Crippen LogP contribution in [0.1, 0.15) is 27.7 Å². The summed E-state index contributed by atoms with van der Waals surface area (Å²) in [7, 11) is 0. The monoisotopic (exact) mass is 352 g/mol. The molecular weight excluding hydrogens is 332 g/mol. The van der Waals surface area contributed by atoms with E-state index in [0.717, 1.165) is 11.3 Å². The van der Waals surface area contributed by atoms with Crippen LogP contribution in [0.4, 0.5) is 0 Å². The number of aromatic nitrogens is 3. The number of hydrogen-bond acceptors (Lipinski definition) is 5. The number of oxazole rings is 1. The van der Waals surface area contributed by atoms with Gasteiger partial charge in [-0.1, -0.05) is 18.2 Å². The smallest absolute Gasteiger partial charge is 0.292 e. The van der Waals surface area contributed by atoms with Crippen LogP contribution in [0.15, 0.2) is 47.4 Å². The SMILES string of the molecule is Cc1nc(C)c(C(=O)N2Cc3ccccc3OCC2Cn2ccnc2)o1. The van der Waals surface area contributed by atoms with Gasteiger partial charge in [-0.15, -0.1) is 0 Å². The number of nitrogens with zero attached hydrogens (tertiary/aromatic N) is 4. The van der Waals surface area contributed by atoms with Crippen LogP contribution in [0.3, 0.4) is 0 Å². The Labute approximate surface area is 151 Å². The van der Waals surface area contributed by atoms with Gasteiger partial charge in [0.1, 0.15) is 12.4 Å². The predicted octanol–water partition coefficient (Wildman–Crippen LogP) is 2.59. The fraction of sp³-hybridized carbons (Fsp3) is 0.316. The molecule has 2 aromatic heterocycles. The molecule has 3 aromatic rings. The average Bonchev–Trinajstić information content (AvgIpc) is 3.21. The number of para-hydroxylation sites is 1. The highest BCUT2D eigenvalue weighted by Crippen LogP contribution is 2.27. The van der Waals surface area contributed by atoms with Gasteiger partial charge in [0.15, 0.2) is 5.89 Å². The van der Waals surface area contributed by atoms with Crippen LogP contribution in [-0.4, -0.2) is 38.0 Å². The first-order valence-electron chi connectivity index (χ1n) is 8.53. The first kappa shape index (κ1) is 16.4. The molecule has 1 amide bonds. The average molecular weight is 352 g/mol. The summed E-state index contributed by atoms with van der Waals surface area (Å²) in [5.41, 5.74) is 1.58. The molecule has 1 aliphatic heterocycles. The Balaban J connectivity index is 1.69. The van der Waals surface area contributed by atoms with Gasteiger partial charge in [-0.25, -0.2) is 9.97 Å². The van der Waals surface area contributed by atoms with Crippen molar-refractivity contribution in [2.45, 2.75) is 33.0 Å². The van der Waals surface area contributed by atoms with Crippen LogP contribution in [-0.2, 0) is 13.1 Å². The second-order valence-electron chi connectivity index (χ2n) is 6.41. The number of fused-ring (bicyclic) bond motifs is 1. The number of hydrogen-bond donors (Lipinski definition) is 0. The maximum atomic E-state index is 13.2. The summed E-state index contributed by atoms with van der Waals surface area (Å²) >= 11 is 0. The van der Waals surface area contributed by atoms with E-state index in [9.17, 15) is 4.79 Å². The maximum Gasteiger partial charge on any atom is 0.292 e. The van der Waals surface area contributed by atoms with Crippen molar-refractivity contribution in [3.63, 3.8) is 0 Å². The molecular formula is C19H20N4O3. The van der Waals surface area contributed by atoms with Gasteiger partial charge in [0, 0.05) is 31.4 Å². The number of carbonyl (C=O) groups excluding carboxylic acids is 1. The summed E-state index contributed by atoms with van der Waals surface area (Å²) in [6.45, 7) is 4.97. The molecule has 0 spiro atoms. The van der Waals surface area contributed by atoms with Gasteiger partial charge < -0.3 is 18.6 Å². The lowest BCUT2D eigenvalue weighted by atomic mass is 10.1. The molecule has 1 aliphatic rings. The molecule has 26 heavy (non-hydrogen) atoms. The van der Waals surface area contributed by atoms with E-state index in [2.05, 4.69) is 9.97 Å². The number of imidazole rings is 1. The third-order valence-electron chi connectivity index (χ3n) is 4.52. The van der Waals surface area contributed by atoms with Gasteiger partial charge >= 0.3 is 0 Å². The number of aryl methyl sites for hydroxylation is 2. The Hall–Kier alpha value is -3.09. The molecule has 7 nitrogen and oxygen atoms in total. The van der Waals surface area contributed by atoms with Gasteiger partial charge in [-0.05, 0) is 13.0 Å². The largest absolute Gasteiger partial charge is 0.491 e. The number of rotatable bonds is 3. The van der Waals surface area contributed by atoms with E-state index in [1.54, 1.807) is 31.3 Å². The van der Waals surface area contributed by atoms with E-state index in [0.29, 0.717) is 31.3 Å². The summed E-state index contributed by atoms with van der Waals surface area (Å²) in [6.07, 6.45) is 5.34. The standard InChI is InChI=1S/C19H20N4O3/c1-13-18(26-14(2)21-13)19(24)23-9-15-5-3-4-6-17(15)25-11-16(23)10-22-8-7-20-12-22/h3-8,12,16H,9-11H2,1-2H3. The summed E-state index contributed by atoms with van der Waals surface area (Å²) in [5.74, 6) is 1.42. The van der Waals surface area contributed by atoms with Crippen molar-refractivity contribution in [2.75, 3.05) is 6.61 Å². The van der Waals surface area contributed by atoms with Gasteiger partial charge in [-0.2, -0.15) is 0 Å². The Morgan fingerprint density at radius 1 is 1.31 bits per heavy atom. The quantitative estimate of drug-likeness (QED) is 0.724. The first-order chi connectivity index (χ1) is 12.6. The van der Waals surface area contributed by atoms with E-state index in [1.165, 1.54) is 0 Å². The molecule has 3 heterocycles. The zero-order chi connectivity index (χ0) is 18.1. The minimum atomic E-state index is -0.173. The molecule has 0 aliphatic carbocycles. The van der Waals surface area contributed by atoms with Crippen molar-refractivity contribution < 1.29 is 13.9 Å². The third kappa shape index (κ3) is 3.08. The van der Waals surface area contributed by atoms with E-state index < -0.39 is 0 Å². The van der Waals surface area contributed by atoms with E-state index in [-0.39, 0.29) is 17.7 Å². The number of amides is 1. The third-order valence-corrected chi connectivity index (χ3v) is 4.52. The Bertz CT molecular complexity index is 917. The molecule has 0 fully saturated rings. The summed E-state index contributed by atoms with van der Waals surface area (Å²) < 4.78 is 13.5. The van der Waals surface area contributed by atoms with Crippen LogP contribution < -0.4 is 4.74 Å². The molecule has 0 saturated carbocycles. The highest BCUT2D eigenvalue weighted by Gasteiger charge is 2.32. The number of ether oxygens (including phenoxy) is 1. The zero-order valence-electron chi connectivity index (χ0n) is 14.8. The molecule has 134 valence electrons. The minimum absolute atomic E-state index is 0.158. The molecule has 0 bridgehead atoms. The molecule has 4 rings (SSSR count). The maximum absolute atomic E-state index is 13.2. The predicted molar refractivity (Wildman–Crippen MR) is 93.8 cm³/mol. The van der Waals surface area contributed by atoms with Crippen molar-refractivity contribution in [3.05, 3.63) is 65.9 Å². The molecule has 1 aromatic carbocycles. The molecule has 7 heteroatoms. The second kappa shape index (κ2) is 6.67. The van der Waals surface area contributed by atoms with Crippen LogP contribution in [0.2, 0.25) is 0 Å². The van der Waals surface area contributed by atoms with Crippen LogP contribution in [0.5, 0.6) is 5.75 Å². The summed E-state index contributed by atoms with van der Waals surface area (Å²) in [5, 5.41) is 0. The molecule has 1 atom stereocenters. The van der Waals surface area contributed by atoms with E-state index >= 15 is 0 Å². The fourth-order valence-electron chi connectivity index (χ4n) is 3.25. The highest BCUT2D eigenvalue weighted by molar-refractivity contribution is 5.92. The molecule has 0 radical (unpaired) electrons. The van der Waals surface area contributed by atoms with Crippen molar-refractivity contribution in [1.82, 2.24) is 19.4 Å². The number of carbonyl (C=O) groups is 1. The summed E-state index contributed by atoms with van der Waals surface area (Å²) in [6, 6.07) is 7.64. The van der Waals surface area contributed by atoms with Crippen molar-refractivity contribution in [1.29, 1.82) is 0 Å². The van der Waals surface area contributed by atoms with E-state index in [4.69, 9.17) is 9.15 Å². The topological polar surface area (TPSA) is 73.4 Å². The highest BCUT2D eigenvalue weighted by atomic mass is 16.5. The lowest BCUT2D eigenvalue weighted by Crippen LogP contribution is -2.44. The Morgan fingerprint density at radius 3 is 2.88 bits per heavy atom. The molecule has 1 unspecified atom stereocenters. The lowest BCUT2D eigenvalue weighted by molar-refractivity contribution is 0.0564. The van der Waals surface area contributed by atoms with Crippen LogP contribution >= 0.6 is 0 Å². The van der Waals surface area contributed by atoms with E-state index in [1.807, 2.05) is 35.0 Å². The summed E-state index contributed by atoms with van der Waals surface area (Å²) in [4.78, 5) is 23.4. The van der Waals surface area contributed by atoms with Crippen LogP contribution in [0.25, 0.3) is 0 Å². The van der Waals surface area contributed by atoms with Crippen molar-refractivity contribution >= 4 is 5.91 Å². The second-order valence-corrected chi connectivity index (χ2v) is 6.41. The Kier molecular flexibility index (Phi) is 4.20. The molecule has 0 saturated heterocycles.